The number of anilines is 1. The van der Waals surface area contributed by atoms with E-state index in [0.29, 0.717) is 0 Å². The monoisotopic (exact) mass is 331 g/mol. The van der Waals surface area contributed by atoms with Gasteiger partial charge in [-0.05, 0) is 56.4 Å². The largest absolute Gasteiger partial charge is 0.298 e. The van der Waals surface area contributed by atoms with Crippen LogP contribution in [-0.2, 0) is 12.8 Å². The Kier molecular flexibility index (Phi) is 4.10. The molecule has 0 bridgehead atoms. The van der Waals surface area contributed by atoms with Crippen LogP contribution in [0, 0.1) is 6.92 Å². The van der Waals surface area contributed by atoms with Crippen LogP contribution < -0.4 is 10.9 Å². The lowest BCUT2D eigenvalue weighted by molar-refractivity contribution is 0.0963. The van der Waals surface area contributed by atoms with Crippen LogP contribution in [0.3, 0.4) is 0 Å². The Morgan fingerprint density at radius 2 is 1.76 bits per heavy atom. The van der Waals surface area contributed by atoms with Crippen molar-refractivity contribution >= 4 is 22.5 Å². The van der Waals surface area contributed by atoms with Crippen molar-refractivity contribution in [1.82, 2.24) is 10.4 Å². The number of carbonyl (C=O) groups excluding carboxylic acids is 1. The molecule has 4 rings (SSSR count). The first-order valence-corrected chi connectivity index (χ1v) is 8.76. The van der Waals surface area contributed by atoms with Gasteiger partial charge in [0.25, 0.3) is 5.91 Å². The summed E-state index contributed by atoms with van der Waals surface area (Å²) < 4.78 is 0. The fourth-order valence-electron chi connectivity index (χ4n) is 3.46. The summed E-state index contributed by atoms with van der Waals surface area (Å²) in [5, 5.41) is 0.923. The predicted octanol–water partition coefficient (Wildman–Crippen LogP) is 4.18. The van der Waals surface area contributed by atoms with Crippen molar-refractivity contribution < 1.29 is 4.79 Å². The smallest absolute Gasteiger partial charge is 0.270 e. The van der Waals surface area contributed by atoms with E-state index in [-0.39, 0.29) is 5.91 Å². The highest BCUT2D eigenvalue weighted by atomic mass is 16.2. The Labute approximate surface area is 147 Å². The molecule has 4 heteroatoms. The standard InChI is InChI=1S/C21H21N3O/c1-14-10-12-15(13-11-14)23-24-21(25)20-16-6-2-4-8-18(16)22-19-9-5-3-7-17(19)20/h2,4,6,8,10-13,23H,3,5,7,9H2,1H3,(H,24,25). The van der Waals surface area contributed by atoms with Crippen molar-refractivity contribution in [1.29, 1.82) is 0 Å². The van der Waals surface area contributed by atoms with Gasteiger partial charge in [-0.15, -0.1) is 0 Å². The summed E-state index contributed by atoms with van der Waals surface area (Å²) in [6.07, 6.45) is 4.12. The number of carbonyl (C=O) groups is 1. The molecule has 0 saturated heterocycles. The number of pyridine rings is 1. The predicted molar refractivity (Wildman–Crippen MR) is 101 cm³/mol. The molecule has 0 atom stereocenters. The van der Waals surface area contributed by atoms with Crippen LogP contribution in [0.1, 0.15) is 40.0 Å². The molecule has 3 aromatic rings. The van der Waals surface area contributed by atoms with Crippen molar-refractivity contribution in [2.75, 3.05) is 5.43 Å². The van der Waals surface area contributed by atoms with Gasteiger partial charge in [0, 0.05) is 11.1 Å². The average molecular weight is 331 g/mol. The van der Waals surface area contributed by atoms with Gasteiger partial charge in [0.2, 0.25) is 0 Å². The van der Waals surface area contributed by atoms with Crippen molar-refractivity contribution in [2.45, 2.75) is 32.6 Å². The zero-order valence-corrected chi connectivity index (χ0v) is 14.3. The lowest BCUT2D eigenvalue weighted by atomic mass is 9.89. The van der Waals surface area contributed by atoms with Gasteiger partial charge in [0.05, 0.1) is 16.8 Å². The van der Waals surface area contributed by atoms with E-state index >= 15 is 0 Å². The van der Waals surface area contributed by atoms with Gasteiger partial charge in [-0.3, -0.25) is 20.6 Å². The molecular formula is C21H21N3O. The van der Waals surface area contributed by atoms with Gasteiger partial charge in [0.15, 0.2) is 0 Å². The summed E-state index contributed by atoms with van der Waals surface area (Å²) in [5.41, 5.74) is 11.8. The second-order valence-corrected chi connectivity index (χ2v) is 6.58. The first-order chi connectivity index (χ1) is 12.2. The number of nitrogens with one attached hydrogen (secondary N) is 2. The molecule has 0 spiro atoms. The molecule has 1 aliphatic rings. The number of rotatable bonds is 3. The third-order valence-electron chi connectivity index (χ3n) is 4.77. The number of hydrogen-bond acceptors (Lipinski definition) is 3. The summed E-state index contributed by atoms with van der Waals surface area (Å²) in [7, 11) is 0. The summed E-state index contributed by atoms with van der Waals surface area (Å²) in [6, 6.07) is 15.8. The quantitative estimate of drug-likeness (QED) is 0.708. The van der Waals surface area contributed by atoms with E-state index in [2.05, 4.69) is 10.9 Å². The molecule has 4 nitrogen and oxygen atoms in total. The Balaban J connectivity index is 1.69. The molecule has 0 fully saturated rings. The second kappa shape index (κ2) is 6.55. The van der Waals surface area contributed by atoms with Crippen LogP contribution in [-0.4, -0.2) is 10.9 Å². The number of nitrogens with zero attached hydrogens (tertiary/aromatic N) is 1. The number of benzene rings is 2. The number of amides is 1. The van der Waals surface area contributed by atoms with E-state index in [4.69, 9.17) is 4.98 Å². The lowest BCUT2D eigenvalue weighted by Crippen LogP contribution is -2.31. The molecular weight excluding hydrogens is 310 g/mol. The maximum Gasteiger partial charge on any atom is 0.270 e. The van der Waals surface area contributed by atoms with Crippen molar-refractivity contribution in [3.05, 3.63) is 70.9 Å². The molecule has 0 radical (unpaired) electrons. The summed E-state index contributed by atoms with van der Waals surface area (Å²) in [6.45, 7) is 2.04. The van der Waals surface area contributed by atoms with E-state index in [1.54, 1.807) is 0 Å². The topological polar surface area (TPSA) is 54.0 Å². The number of aromatic nitrogens is 1. The van der Waals surface area contributed by atoms with Crippen LogP contribution >= 0.6 is 0 Å². The Morgan fingerprint density at radius 3 is 2.60 bits per heavy atom. The van der Waals surface area contributed by atoms with Crippen LogP contribution in [0.15, 0.2) is 48.5 Å². The molecule has 0 unspecified atom stereocenters. The normalized spacial score (nSPS) is 13.3. The molecule has 25 heavy (non-hydrogen) atoms. The first-order valence-electron chi connectivity index (χ1n) is 8.76. The molecule has 1 amide bonds. The van der Waals surface area contributed by atoms with E-state index in [9.17, 15) is 4.79 Å². The molecule has 126 valence electrons. The zero-order chi connectivity index (χ0) is 17.2. The average Bonchev–Trinajstić information content (AvgIpc) is 2.65. The zero-order valence-electron chi connectivity index (χ0n) is 14.3. The van der Waals surface area contributed by atoms with Crippen LogP contribution in [0.25, 0.3) is 10.9 Å². The Morgan fingerprint density at radius 1 is 1.00 bits per heavy atom. The molecule has 2 aromatic carbocycles. The minimum atomic E-state index is -0.0997. The van der Waals surface area contributed by atoms with Crippen molar-refractivity contribution in [2.24, 2.45) is 0 Å². The highest BCUT2D eigenvalue weighted by Crippen LogP contribution is 2.29. The van der Waals surface area contributed by atoms with Gasteiger partial charge < -0.3 is 0 Å². The minimum absolute atomic E-state index is 0.0997. The number of fused-ring (bicyclic) bond motifs is 2. The van der Waals surface area contributed by atoms with Gasteiger partial charge in [-0.1, -0.05) is 35.9 Å². The third kappa shape index (κ3) is 3.07. The van der Waals surface area contributed by atoms with Crippen molar-refractivity contribution in [3.63, 3.8) is 0 Å². The van der Waals surface area contributed by atoms with Gasteiger partial charge in [-0.25, -0.2) is 0 Å². The van der Waals surface area contributed by atoms with Crippen LogP contribution in [0.5, 0.6) is 0 Å². The van der Waals surface area contributed by atoms with Gasteiger partial charge >= 0.3 is 0 Å². The highest BCUT2D eigenvalue weighted by Gasteiger charge is 2.22. The first kappa shape index (κ1) is 15.6. The maximum absolute atomic E-state index is 13.0. The fraction of sp³-hybridized carbons (Fsp3) is 0.238. The van der Waals surface area contributed by atoms with Gasteiger partial charge in [0.1, 0.15) is 0 Å². The summed E-state index contributed by atoms with van der Waals surface area (Å²) in [5.74, 6) is -0.0997. The SMILES string of the molecule is Cc1ccc(NNC(=O)c2c3c(nc4ccccc24)CCCC3)cc1. The maximum atomic E-state index is 13.0. The molecule has 1 heterocycles. The third-order valence-corrected chi connectivity index (χ3v) is 4.77. The summed E-state index contributed by atoms with van der Waals surface area (Å²) >= 11 is 0. The fourth-order valence-corrected chi connectivity index (χ4v) is 3.46. The van der Waals surface area contributed by atoms with E-state index < -0.39 is 0 Å². The lowest BCUT2D eigenvalue weighted by Gasteiger charge is -2.20. The van der Waals surface area contributed by atoms with Crippen LogP contribution in [0.2, 0.25) is 0 Å². The molecule has 2 N–H and O–H groups in total. The highest BCUT2D eigenvalue weighted by molar-refractivity contribution is 6.08. The molecule has 1 aliphatic carbocycles. The number of hydrogen-bond donors (Lipinski definition) is 2. The Hall–Kier alpha value is -2.88. The summed E-state index contributed by atoms with van der Waals surface area (Å²) in [4.78, 5) is 17.8. The van der Waals surface area contributed by atoms with Gasteiger partial charge in [-0.2, -0.15) is 0 Å². The number of hydrazine groups is 1. The Bertz CT molecular complexity index is 932. The van der Waals surface area contributed by atoms with E-state index in [1.165, 1.54) is 5.56 Å². The molecule has 0 saturated carbocycles. The number of para-hydroxylation sites is 1. The molecule has 0 aliphatic heterocycles. The second-order valence-electron chi connectivity index (χ2n) is 6.58. The number of aryl methyl sites for hydroxylation is 2. The minimum Gasteiger partial charge on any atom is -0.298 e. The molecule has 1 aromatic heterocycles. The van der Waals surface area contributed by atoms with E-state index in [1.807, 2.05) is 55.5 Å². The van der Waals surface area contributed by atoms with Crippen LogP contribution in [0.4, 0.5) is 5.69 Å². The van der Waals surface area contributed by atoms with Crippen molar-refractivity contribution in [3.8, 4) is 0 Å². The van der Waals surface area contributed by atoms with E-state index in [0.717, 1.165) is 59.1 Å².